The van der Waals surface area contributed by atoms with Crippen LogP contribution in [-0.4, -0.2) is 39.2 Å². The monoisotopic (exact) mass is 468 g/mol. The quantitative estimate of drug-likeness (QED) is 0.542. The maximum Gasteiger partial charge on any atom is 0.433 e. The van der Waals surface area contributed by atoms with Crippen molar-refractivity contribution >= 4 is 28.8 Å². The van der Waals surface area contributed by atoms with Crippen LogP contribution in [0.3, 0.4) is 0 Å². The number of aryl methyl sites for hydroxylation is 1. The molecule has 1 amide bonds. The van der Waals surface area contributed by atoms with Gasteiger partial charge in [-0.2, -0.15) is 31.4 Å². The van der Waals surface area contributed by atoms with Gasteiger partial charge in [-0.25, -0.2) is 4.39 Å². The van der Waals surface area contributed by atoms with Gasteiger partial charge in [-0.1, -0.05) is 18.3 Å². The topological polar surface area (TPSA) is 50.2 Å². The summed E-state index contributed by atoms with van der Waals surface area (Å²) in [5.74, 6) is -4.80. The number of rotatable bonds is 3. The molecule has 2 aromatic rings. The van der Waals surface area contributed by atoms with Gasteiger partial charge in [-0.3, -0.25) is 9.48 Å². The molecule has 1 fully saturated rings. The third-order valence-electron chi connectivity index (χ3n) is 4.92. The Balaban J connectivity index is 1.97. The van der Waals surface area contributed by atoms with Gasteiger partial charge in [0.2, 0.25) is 5.91 Å². The average molecular weight is 468 g/mol. The van der Waals surface area contributed by atoms with Crippen molar-refractivity contribution in [2.24, 2.45) is 13.0 Å². The molecular formula is C18H15F7N4OS. The molecule has 3 rings (SSSR count). The lowest BCUT2D eigenvalue weighted by atomic mass is 9.91. The van der Waals surface area contributed by atoms with E-state index < -0.39 is 52.9 Å². The summed E-state index contributed by atoms with van der Waals surface area (Å²) in [6.45, 7) is 0.0283. The lowest BCUT2D eigenvalue weighted by molar-refractivity contribution is -0.143. The lowest BCUT2D eigenvalue weighted by Crippen LogP contribution is -2.32. The van der Waals surface area contributed by atoms with Gasteiger partial charge in [-0.05, 0) is 18.2 Å². The fraction of sp³-hybridized carbons (Fsp3) is 0.389. The number of nitrogens with zero attached hydrogens (tertiary/aromatic N) is 3. The highest BCUT2D eigenvalue weighted by atomic mass is 32.1. The Labute approximate surface area is 176 Å². The van der Waals surface area contributed by atoms with Gasteiger partial charge in [-0.15, -0.1) is 0 Å². The van der Waals surface area contributed by atoms with E-state index in [4.69, 9.17) is 12.2 Å². The number of anilines is 1. The maximum atomic E-state index is 13.8. The van der Waals surface area contributed by atoms with Gasteiger partial charge in [0.1, 0.15) is 17.1 Å². The van der Waals surface area contributed by atoms with Crippen LogP contribution in [0.25, 0.3) is 0 Å². The van der Waals surface area contributed by atoms with E-state index in [-0.39, 0.29) is 17.2 Å². The van der Waals surface area contributed by atoms with Crippen LogP contribution >= 0.6 is 12.2 Å². The molecule has 0 saturated carbocycles. The van der Waals surface area contributed by atoms with Gasteiger partial charge >= 0.3 is 12.4 Å². The number of benzene rings is 1. The molecule has 0 spiro atoms. The van der Waals surface area contributed by atoms with Crippen LogP contribution in [0.1, 0.15) is 22.9 Å². The average Bonchev–Trinajstić information content (AvgIpc) is 3.14. The Kier molecular flexibility index (Phi) is 5.76. The second-order valence-electron chi connectivity index (χ2n) is 7.03. The van der Waals surface area contributed by atoms with E-state index in [1.807, 2.05) is 5.32 Å². The van der Waals surface area contributed by atoms with Gasteiger partial charge in [0.05, 0.1) is 22.3 Å². The first-order valence-electron chi connectivity index (χ1n) is 8.74. The minimum atomic E-state index is -5.08. The number of carbonyl (C=O) groups is 1. The molecule has 1 aromatic carbocycles. The summed E-state index contributed by atoms with van der Waals surface area (Å²) in [5.41, 5.74) is -3.61. The molecule has 1 N–H and O–H groups in total. The summed E-state index contributed by atoms with van der Waals surface area (Å²) in [7, 11) is 2.58. The van der Waals surface area contributed by atoms with Crippen molar-refractivity contribution in [3.63, 3.8) is 0 Å². The molecule has 0 aliphatic carbocycles. The van der Waals surface area contributed by atoms with E-state index in [0.717, 1.165) is 25.2 Å². The van der Waals surface area contributed by atoms with Crippen molar-refractivity contribution in [2.45, 2.75) is 18.3 Å². The number of likely N-dealkylation sites (tertiary alicyclic amines) is 1. The molecular weight excluding hydrogens is 453 g/mol. The van der Waals surface area contributed by atoms with Crippen molar-refractivity contribution in [3.8, 4) is 0 Å². The fourth-order valence-electron chi connectivity index (χ4n) is 3.52. The van der Waals surface area contributed by atoms with Crippen LogP contribution in [0.2, 0.25) is 0 Å². The molecule has 2 heterocycles. The summed E-state index contributed by atoms with van der Waals surface area (Å²) in [5, 5.41) is 5.86. The number of alkyl halides is 6. The molecule has 13 heteroatoms. The highest BCUT2D eigenvalue weighted by molar-refractivity contribution is 7.80. The van der Waals surface area contributed by atoms with Crippen molar-refractivity contribution in [3.05, 3.63) is 47.0 Å². The molecule has 0 bridgehead atoms. The summed E-state index contributed by atoms with van der Waals surface area (Å²) in [6, 6.07) is 3.24. The van der Waals surface area contributed by atoms with Crippen LogP contribution in [0.15, 0.2) is 24.3 Å². The normalized spacial score (nSPS) is 19.8. The number of hydrogen-bond acceptors (Lipinski definition) is 3. The first-order valence-corrected chi connectivity index (χ1v) is 9.15. The molecule has 168 valence electrons. The summed E-state index contributed by atoms with van der Waals surface area (Å²) >= 11 is 5.19. The van der Waals surface area contributed by atoms with E-state index in [9.17, 15) is 35.5 Å². The third kappa shape index (κ3) is 4.36. The number of amides is 1. The van der Waals surface area contributed by atoms with E-state index in [1.165, 1.54) is 11.9 Å². The molecule has 0 radical (unpaired) electrons. The van der Waals surface area contributed by atoms with Crippen molar-refractivity contribution in [2.75, 3.05) is 18.9 Å². The van der Waals surface area contributed by atoms with E-state index in [2.05, 4.69) is 5.10 Å². The van der Waals surface area contributed by atoms with Gasteiger partial charge < -0.3 is 10.2 Å². The zero-order chi connectivity index (χ0) is 23.3. The van der Waals surface area contributed by atoms with Crippen molar-refractivity contribution in [1.29, 1.82) is 0 Å². The minimum absolute atomic E-state index is 0.0201. The number of thiocarbonyl (C=S) groups is 1. The second kappa shape index (κ2) is 7.77. The number of carbonyl (C=O) groups excluding carboxylic acids is 1. The summed E-state index contributed by atoms with van der Waals surface area (Å²) in [4.78, 5) is 14.3. The van der Waals surface area contributed by atoms with E-state index >= 15 is 0 Å². The summed E-state index contributed by atoms with van der Waals surface area (Å²) in [6.07, 6.45) is -9.77. The van der Waals surface area contributed by atoms with Gasteiger partial charge in [0.15, 0.2) is 0 Å². The Hall–Kier alpha value is -2.70. The smallest absolute Gasteiger partial charge is 0.368 e. The van der Waals surface area contributed by atoms with Crippen molar-refractivity contribution < 1.29 is 35.5 Å². The molecule has 1 aromatic heterocycles. The molecule has 2 atom stereocenters. The molecule has 1 aliphatic rings. The number of likely N-dealkylation sites (N-methyl/N-ethyl adjacent to an activating group) is 1. The number of aromatic nitrogens is 2. The van der Waals surface area contributed by atoms with Crippen LogP contribution in [-0.2, 0) is 24.2 Å². The SMILES string of the molecule is CN1C[C@H](c2cc(C(F)(F)F)n(C)n2)[C@@H](C(=O)Nc2cccc(F)c2C(F)(F)F)C1=S. The Morgan fingerprint density at radius 2 is 1.81 bits per heavy atom. The van der Waals surface area contributed by atoms with Gasteiger partial charge in [0, 0.05) is 26.6 Å². The predicted molar refractivity (Wildman–Crippen MR) is 99.7 cm³/mol. The standard InChI is InChI=1S/C18H15F7N4OS/c1-28-7-8(11-6-12(17(20,21)22)29(2)27-11)13(16(28)31)15(30)26-10-5-3-4-9(19)14(10)18(23,24)25/h3-6,8,13H,7H2,1-2H3,(H,26,30)/t8-,13+/m1/s1. The Bertz CT molecular complexity index is 1030. The van der Waals surface area contributed by atoms with Crippen LogP contribution in [0.5, 0.6) is 0 Å². The number of hydrogen-bond donors (Lipinski definition) is 1. The van der Waals surface area contributed by atoms with Gasteiger partial charge in [0.25, 0.3) is 0 Å². The molecule has 31 heavy (non-hydrogen) atoms. The highest BCUT2D eigenvalue weighted by Gasteiger charge is 2.45. The summed E-state index contributed by atoms with van der Waals surface area (Å²) < 4.78 is 93.5. The fourth-order valence-corrected chi connectivity index (χ4v) is 3.87. The molecule has 1 aliphatic heterocycles. The third-order valence-corrected chi connectivity index (χ3v) is 5.49. The minimum Gasteiger partial charge on any atom is -0.368 e. The molecule has 5 nitrogen and oxygen atoms in total. The zero-order valence-corrected chi connectivity index (χ0v) is 16.8. The van der Waals surface area contributed by atoms with E-state index in [0.29, 0.717) is 10.7 Å². The first kappa shape index (κ1) is 23.0. The number of halogens is 7. The maximum absolute atomic E-state index is 13.8. The van der Waals surface area contributed by atoms with Crippen LogP contribution < -0.4 is 5.32 Å². The van der Waals surface area contributed by atoms with Crippen LogP contribution in [0, 0.1) is 11.7 Å². The first-order chi connectivity index (χ1) is 14.2. The highest BCUT2D eigenvalue weighted by Crippen LogP contribution is 2.40. The van der Waals surface area contributed by atoms with Crippen molar-refractivity contribution in [1.82, 2.24) is 14.7 Å². The zero-order valence-electron chi connectivity index (χ0n) is 16.0. The molecule has 0 unspecified atom stereocenters. The Morgan fingerprint density at radius 1 is 1.16 bits per heavy atom. The Morgan fingerprint density at radius 3 is 2.35 bits per heavy atom. The molecule has 1 saturated heterocycles. The predicted octanol–water partition coefficient (Wildman–Crippen LogP) is 4.21. The number of nitrogens with one attached hydrogen (secondary N) is 1. The largest absolute Gasteiger partial charge is 0.433 e. The second-order valence-corrected chi connectivity index (χ2v) is 7.45. The van der Waals surface area contributed by atoms with E-state index in [1.54, 1.807) is 0 Å². The van der Waals surface area contributed by atoms with Crippen LogP contribution in [0.4, 0.5) is 36.4 Å². The lowest BCUT2D eigenvalue weighted by Gasteiger charge is -2.19.